The lowest BCUT2D eigenvalue weighted by atomic mass is 9.83. The number of aromatic nitrogens is 2. The molecule has 0 aromatic carbocycles. The Labute approximate surface area is 89.7 Å². The van der Waals surface area contributed by atoms with Crippen molar-refractivity contribution in [2.24, 2.45) is 5.92 Å². The fourth-order valence-electron chi connectivity index (χ4n) is 1.70. The number of hydrogen-bond acceptors (Lipinski definition) is 2. The first-order chi connectivity index (χ1) is 6.66. The maximum Gasteiger partial charge on any atom is 0.135 e. The third-order valence-corrected chi connectivity index (χ3v) is 3.44. The topological polar surface area (TPSA) is 25.8 Å². The Morgan fingerprint density at radius 1 is 1.29 bits per heavy atom. The van der Waals surface area contributed by atoms with E-state index in [0.29, 0.717) is 5.15 Å². The summed E-state index contributed by atoms with van der Waals surface area (Å²) in [5, 5.41) is 0.617. The van der Waals surface area contributed by atoms with Gasteiger partial charge in [0.2, 0.25) is 0 Å². The zero-order valence-electron chi connectivity index (χ0n) is 8.68. The van der Waals surface area contributed by atoms with Gasteiger partial charge in [0.25, 0.3) is 0 Å². The third-order valence-electron chi connectivity index (χ3n) is 3.07. The zero-order chi connectivity index (χ0) is 10.1. The SMILES string of the molecule is Cc1nc(CC2CCC2)nc(Cl)c1C. The molecule has 0 atom stereocenters. The van der Waals surface area contributed by atoms with Crippen LogP contribution in [-0.4, -0.2) is 9.97 Å². The summed E-state index contributed by atoms with van der Waals surface area (Å²) in [6.07, 6.45) is 5.02. The molecule has 0 aliphatic heterocycles. The van der Waals surface area contributed by atoms with Gasteiger partial charge in [-0.15, -0.1) is 0 Å². The number of rotatable bonds is 2. The maximum absolute atomic E-state index is 6.01. The van der Waals surface area contributed by atoms with Crippen LogP contribution in [0.2, 0.25) is 5.15 Å². The largest absolute Gasteiger partial charge is 0.238 e. The first kappa shape index (κ1) is 9.91. The summed E-state index contributed by atoms with van der Waals surface area (Å²) < 4.78 is 0. The molecule has 1 aliphatic carbocycles. The first-order valence-electron chi connectivity index (χ1n) is 5.16. The van der Waals surface area contributed by atoms with E-state index < -0.39 is 0 Å². The van der Waals surface area contributed by atoms with Crippen LogP contribution in [0.5, 0.6) is 0 Å². The summed E-state index contributed by atoms with van der Waals surface area (Å²) >= 11 is 6.01. The highest BCUT2D eigenvalue weighted by atomic mass is 35.5. The van der Waals surface area contributed by atoms with E-state index in [4.69, 9.17) is 11.6 Å². The maximum atomic E-state index is 6.01. The molecule has 3 heteroatoms. The number of hydrogen-bond donors (Lipinski definition) is 0. The smallest absolute Gasteiger partial charge is 0.135 e. The van der Waals surface area contributed by atoms with Gasteiger partial charge >= 0.3 is 0 Å². The van der Waals surface area contributed by atoms with Crippen molar-refractivity contribution in [1.82, 2.24) is 9.97 Å². The predicted molar refractivity (Wildman–Crippen MR) is 57.6 cm³/mol. The molecule has 0 amide bonds. The van der Waals surface area contributed by atoms with Crippen LogP contribution in [0.25, 0.3) is 0 Å². The molecule has 0 unspecified atom stereocenters. The van der Waals surface area contributed by atoms with Crippen LogP contribution in [0, 0.1) is 19.8 Å². The molecule has 2 rings (SSSR count). The van der Waals surface area contributed by atoms with Crippen LogP contribution >= 0.6 is 11.6 Å². The van der Waals surface area contributed by atoms with Crippen molar-refractivity contribution in [3.05, 3.63) is 22.2 Å². The summed E-state index contributed by atoms with van der Waals surface area (Å²) in [5.74, 6) is 1.72. The van der Waals surface area contributed by atoms with Gasteiger partial charge in [-0.3, -0.25) is 0 Å². The summed E-state index contributed by atoms with van der Waals surface area (Å²) in [5.41, 5.74) is 2.02. The second kappa shape index (κ2) is 3.85. The monoisotopic (exact) mass is 210 g/mol. The Hall–Kier alpha value is -0.630. The molecular formula is C11H15ClN2. The highest BCUT2D eigenvalue weighted by molar-refractivity contribution is 6.30. The van der Waals surface area contributed by atoms with Crippen molar-refractivity contribution in [3.8, 4) is 0 Å². The Kier molecular flexibility index (Phi) is 2.73. The quantitative estimate of drug-likeness (QED) is 0.702. The average Bonchev–Trinajstić information content (AvgIpc) is 2.07. The predicted octanol–water partition coefficient (Wildman–Crippen LogP) is 3.09. The molecule has 1 heterocycles. The molecule has 1 aromatic rings. The highest BCUT2D eigenvalue weighted by Crippen LogP contribution is 2.29. The molecule has 0 radical (unpaired) electrons. The lowest BCUT2D eigenvalue weighted by Crippen LogP contribution is -2.16. The Morgan fingerprint density at radius 2 is 2.00 bits per heavy atom. The van der Waals surface area contributed by atoms with Crippen molar-refractivity contribution in [1.29, 1.82) is 0 Å². The molecule has 0 bridgehead atoms. The lowest BCUT2D eigenvalue weighted by Gasteiger charge is -2.24. The minimum Gasteiger partial charge on any atom is -0.238 e. The van der Waals surface area contributed by atoms with E-state index in [0.717, 1.165) is 29.4 Å². The molecule has 0 spiro atoms. The Bertz CT molecular complexity index is 322. The van der Waals surface area contributed by atoms with Gasteiger partial charge in [0.05, 0.1) is 0 Å². The van der Waals surface area contributed by atoms with Crippen LogP contribution in [0.15, 0.2) is 0 Å². The molecule has 14 heavy (non-hydrogen) atoms. The van der Waals surface area contributed by atoms with Crippen LogP contribution in [0.1, 0.15) is 36.3 Å². The lowest BCUT2D eigenvalue weighted by molar-refractivity contribution is 0.309. The van der Waals surface area contributed by atoms with Crippen molar-refractivity contribution in [2.75, 3.05) is 0 Å². The van der Waals surface area contributed by atoms with E-state index >= 15 is 0 Å². The van der Waals surface area contributed by atoms with Crippen LogP contribution < -0.4 is 0 Å². The molecular weight excluding hydrogens is 196 g/mol. The van der Waals surface area contributed by atoms with Crippen molar-refractivity contribution >= 4 is 11.6 Å². The van der Waals surface area contributed by atoms with Gasteiger partial charge in [0.15, 0.2) is 0 Å². The summed E-state index contributed by atoms with van der Waals surface area (Å²) in [4.78, 5) is 8.77. The second-order valence-corrected chi connectivity index (χ2v) is 4.50. The normalized spacial score (nSPS) is 16.8. The molecule has 0 saturated heterocycles. The number of aryl methyl sites for hydroxylation is 1. The van der Waals surface area contributed by atoms with Crippen molar-refractivity contribution in [2.45, 2.75) is 39.5 Å². The first-order valence-corrected chi connectivity index (χ1v) is 5.54. The summed E-state index contributed by atoms with van der Waals surface area (Å²) in [7, 11) is 0. The molecule has 1 aliphatic rings. The van der Waals surface area contributed by atoms with Gasteiger partial charge in [0.1, 0.15) is 11.0 Å². The second-order valence-electron chi connectivity index (χ2n) is 4.14. The Balaban J connectivity index is 2.17. The van der Waals surface area contributed by atoms with Crippen molar-refractivity contribution < 1.29 is 0 Å². The minimum absolute atomic E-state index is 0.617. The standard InChI is InChI=1S/C11H15ClN2/c1-7-8(2)13-10(14-11(7)12)6-9-4-3-5-9/h9H,3-6H2,1-2H3. The molecule has 76 valence electrons. The fraction of sp³-hybridized carbons (Fsp3) is 0.636. The Morgan fingerprint density at radius 3 is 2.50 bits per heavy atom. The summed E-state index contributed by atoms with van der Waals surface area (Å²) in [6, 6.07) is 0. The van der Waals surface area contributed by atoms with Gasteiger partial charge in [-0.25, -0.2) is 9.97 Å². The number of nitrogens with zero attached hydrogens (tertiary/aromatic N) is 2. The van der Waals surface area contributed by atoms with Gasteiger partial charge in [-0.2, -0.15) is 0 Å². The molecule has 0 N–H and O–H groups in total. The molecule has 1 saturated carbocycles. The average molecular weight is 211 g/mol. The minimum atomic E-state index is 0.617. The van der Waals surface area contributed by atoms with Gasteiger partial charge in [-0.05, 0) is 19.8 Å². The fourth-order valence-corrected chi connectivity index (χ4v) is 1.93. The van der Waals surface area contributed by atoms with Crippen LogP contribution in [0.3, 0.4) is 0 Å². The van der Waals surface area contributed by atoms with Crippen molar-refractivity contribution in [3.63, 3.8) is 0 Å². The molecule has 1 fully saturated rings. The van der Waals surface area contributed by atoms with Gasteiger partial charge in [-0.1, -0.05) is 30.9 Å². The van der Waals surface area contributed by atoms with E-state index in [9.17, 15) is 0 Å². The van der Waals surface area contributed by atoms with E-state index in [1.807, 2.05) is 13.8 Å². The van der Waals surface area contributed by atoms with Gasteiger partial charge in [0, 0.05) is 17.7 Å². The van der Waals surface area contributed by atoms with Crippen LogP contribution in [-0.2, 0) is 6.42 Å². The van der Waals surface area contributed by atoms with E-state index in [2.05, 4.69) is 9.97 Å². The van der Waals surface area contributed by atoms with E-state index in [-0.39, 0.29) is 0 Å². The van der Waals surface area contributed by atoms with Crippen LogP contribution in [0.4, 0.5) is 0 Å². The molecule has 1 aromatic heterocycles. The highest BCUT2D eigenvalue weighted by Gasteiger charge is 2.19. The van der Waals surface area contributed by atoms with Gasteiger partial charge < -0.3 is 0 Å². The third kappa shape index (κ3) is 1.90. The van der Waals surface area contributed by atoms with E-state index in [1.54, 1.807) is 0 Å². The van der Waals surface area contributed by atoms with E-state index in [1.165, 1.54) is 19.3 Å². The molecule has 2 nitrogen and oxygen atoms in total. The zero-order valence-corrected chi connectivity index (χ0v) is 9.43. The summed E-state index contributed by atoms with van der Waals surface area (Å²) in [6.45, 7) is 3.96. The number of halogens is 1.